The predicted octanol–water partition coefficient (Wildman–Crippen LogP) is 2.60. The fraction of sp³-hybridized carbons (Fsp3) is 0.889. The van der Waals surface area contributed by atoms with Gasteiger partial charge in [-0.05, 0) is 6.42 Å². The number of hydrogen-bond donors (Lipinski definition) is 0. The molecule has 0 spiro atoms. The minimum Gasteiger partial charge on any atom is -0.457 e. The second-order valence-electron chi connectivity index (χ2n) is 6.26. The second kappa shape index (κ2) is 12.2. The summed E-state index contributed by atoms with van der Waals surface area (Å²) >= 11 is 0. The van der Waals surface area contributed by atoms with Crippen molar-refractivity contribution >= 4 is 11.9 Å². The molecule has 1 saturated heterocycles. The molecule has 7 heteroatoms. The standard InChI is InChI=1S/C18H32O7/c1-5-6-7-8-9-10-11-22-16-15(24-13(2)19)12-23-18(21-4)17(16)25-14(3)20/h15-18H,5-12H2,1-4H3. The molecule has 0 aliphatic carbocycles. The second-order valence-corrected chi connectivity index (χ2v) is 6.26. The van der Waals surface area contributed by atoms with E-state index in [1.807, 2.05) is 0 Å². The van der Waals surface area contributed by atoms with Gasteiger partial charge in [-0.25, -0.2) is 0 Å². The van der Waals surface area contributed by atoms with Crippen molar-refractivity contribution < 1.29 is 33.3 Å². The smallest absolute Gasteiger partial charge is 0.303 e. The monoisotopic (exact) mass is 360 g/mol. The number of hydrogen-bond acceptors (Lipinski definition) is 7. The van der Waals surface area contributed by atoms with Gasteiger partial charge in [-0.3, -0.25) is 9.59 Å². The van der Waals surface area contributed by atoms with Crippen molar-refractivity contribution in [2.45, 2.75) is 83.9 Å². The van der Waals surface area contributed by atoms with Crippen LogP contribution in [0.2, 0.25) is 0 Å². The van der Waals surface area contributed by atoms with Gasteiger partial charge < -0.3 is 23.7 Å². The quantitative estimate of drug-likeness (QED) is 0.414. The van der Waals surface area contributed by atoms with Crippen LogP contribution in [0.1, 0.15) is 59.3 Å². The topological polar surface area (TPSA) is 80.3 Å². The maximum atomic E-state index is 11.4. The molecular weight excluding hydrogens is 328 g/mol. The predicted molar refractivity (Wildman–Crippen MR) is 91.0 cm³/mol. The van der Waals surface area contributed by atoms with E-state index in [1.54, 1.807) is 0 Å². The molecule has 1 rings (SSSR count). The van der Waals surface area contributed by atoms with Crippen LogP contribution in [0.3, 0.4) is 0 Å². The Balaban J connectivity index is 2.61. The Labute approximate surface area is 150 Å². The van der Waals surface area contributed by atoms with Crippen LogP contribution >= 0.6 is 0 Å². The van der Waals surface area contributed by atoms with Gasteiger partial charge in [0.05, 0.1) is 6.61 Å². The van der Waals surface area contributed by atoms with E-state index >= 15 is 0 Å². The van der Waals surface area contributed by atoms with E-state index < -0.39 is 36.5 Å². The summed E-state index contributed by atoms with van der Waals surface area (Å²) < 4.78 is 27.3. The molecule has 1 aliphatic heterocycles. The van der Waals surface area contributed by atoms with E-state index in [4.69, 9.17) is 23.7 Å². The Morgan fingerprint density at radius 2 is 1.60 bits per heavy atom. The highest BCUT2D eigenvalue weighted by Crippen LogP contribution is 2.25. The molecule has 0 bridgehead atoms. The van der Waals surface area contributed by atoms with E-state index in [2.05, 4.69) is 6.92 Å². The fourth-order valence-corrected chi connectivity index (χ4v) is 2.88. The summed E-state index contributed by atoms with van der Waals surface area (Å²) in [5, 5.41) is 0. The Morgan fingerprint density at radius 1 is 0.960 bits per heavy atom. The summed E-state index contributed by atoms with van der Waals surface area (Å²) in [5.41, 5.74) is 0. The summed E-state index contributed by atoms with van der Waals surface area (Å²) in [7, 11) is 1.47. The minimum absolute atomic E-state index is 0.136. The molecule has 0 amide bonds. The fourth-order valence-electron chi connectivity index (χ4n) is 2.88. The van der Waals surface area contributed by atoms with E-state index in [0.717, 1.165) is 12.8 Å². The molecule has 25 heavy (non-hydrogen) atoms. The molecule has 1 fully saturated rings. The first-order chi connectivity index (χ1) is 12.0. The number of esters is 2. The number of unbranched alkanes of at least 4 members (excludes halogenated alkanes) is 5. The van der Waals surface area contributed by atoms with Crippen LogP contribution in [0.15, 0.2) is 0 Å². The molecule has 0 N–H and O–H groups in total. The highest BCUT2D eigenvalue weighted by atomic mass is 16.7. The third-order valence-electron chi connectivity index (χ3n) is 4.04. The largest absolute Gasteiger partial charge is 0.457 e. The lowest BCUT2D eigenvalue weighted by molar-refractivity contribution is -0.278. The zero-order valence-electron chi connectivity index (χ0n) is 15.8. The molecule has 0 saturated carbocycles. The number of ether oxygens (including phenoxy) is 5. The van der Waals surface area contributed by atoms with Crippen LogP contribution in [-0.4, -0.2) is 56.9 Å². The highest BCUT2D eigenvalue weighted by molar-refractivity contribution is 5.67. The van der Waals surface area contributed by atoms with Crippen LogP contribution in [-0.2, 0) is 33.3 Å². The lowest BCUT2D eigenvalue weighted by atomic mass is 10.0. The molecule has 1 aliphatic rings. The number of methoxy groups -OCH3 is 1. The number of carbonyl (C=O) groups is 2. The van der Waals surface area contributed by atoms with Gasteiger partial charge in [0, 0.05) is 27.6 Å². The van der Waals surface area contributed by atoms with E-state index in [9.17, 15) is 9.59 Å². The number of carbonyl (C=O) groups excluding carboxylic acids is 2. The first-order valence-corrected chi connectivity index (χ1v) is 9.10. The zero-order valence-corrected chi connectivity index (χ0v) is 15.8. The van der Waals surface area contributed by atoms with Crippen molar-refractivity contribution in [1.82, 2.24) is 0 Å². The van der Waals surface area contributed by atoms with Crippen molar-refractivity contribution in [1.29, 1.82) is 0 Å². The molecule has 0 aromatic heterocycles. The summed E-state index contributed by atoms with van der Waals surface area (Å²) in [6.07, 6.45) is 4.08. The highest BCUT2D eigenvalue weighted by Gasteiger charge is 2.45. The van der Waals surface area contributed by atoms with Gasteiger partial charge in [-0.2, -0.15) is 0 Å². The lowest BCUT2D eigenvalue weighted by Crippen LogP contribution is -2.57. The number of rotatable bonds is 11. The molecule has 4 atom stereocenters. The molecular formula is C18H32O7. The Kier molecular flexibility index (Phi) is 10.7. The summed E-state index contributed by atoms with van der Waals surface area (Å²) in [6.45, 7) is 5.46. The molecule has 0 aromatic rings. The van der Waals surface area contributed by atoms with Gasteiger partial charge in [0.25, 0.3) is 0 Å². The van der Waals surface area contributed by atoms with Crippen molar-refractivity contribution in [3.63, 3.8) is 0 Å². The summed E-state index contributed by atoms with van der Waals surface area (Å²) in [4.78, 5) is 22.8. The maximum absolute atomic E-state index is 11.4. The van der Waals surface area contributed by atoms with E-state index in [-0.39, 0.29) is 6.61 Å². The summed E-state index contributed by atoms with van der Waals surface area (Å²) in [6, 6.07) is 0. The molecule has 146 valence electrons. The van der Waals surface area contributed by atoms with Crippen molar-refractivity contribution in [2.24, 2.45) is 0 Å². The van der Waals surface area contributed by atoms with Gasteiger partial charge in [-0.15, -0.1) is 0 Å². The van der Waals surface area contributed by atoms with E-state index in [0.29, 0.717) is 6.61 Å². The molecule has 1 heterocycles. The van der Waals surface area contributed by atoms with Crippen molar-refractivity contribution in [2.75, 3.05) is 20.3 Å². The van der Waals surface area contributed by atoms with Gasteiger partial charge in [0.15, 0.2) is 18.5 Å². The SMILES string of the molecule is CCCCCCCCOC1C(OC(C)=O)COC(OC)C1OC(C)=O. The average molecular weight is 360 g/mol. The molecule has 0 radical (unpaired) electrons. The van der Waals surface area contributed by atoms with Gasteiger partial charge in [0.2, 0.25) is 0 Å². The van der Waals surface area contributed by atoms with Crippen LogP contribution in [0.25, 0.3) is 0 Å². The average Bonchev–Trinajstić information content (AvgIpc) is 2.55. The summed E-state index contributed by atoms with van der Waals surface area (Å²) in [5.74, 6) is -0.897. The maximum Gasteiger partial charge on any atom is 0.303 e. The minimum atomic E-state index is -0.777. The zero-order chi connectivity index (χ0) is 18.7. The Hall–Kier alpha value is -1.18. The molecule has 0 aromatic carbocycles. The van der Waals surface area contributed by atoms with Crippen molar-refractivity contribution in [3.05, 3.63) is 0 Å². The van der Waals surface area contributed by atoms with Crippen molar-refractivity contribution in [3.8, 4) is 0 Å². The van der Waals surface area contributed by atoms with Crippen LogP contribution in [0.5, 0.6) is 0 Å². The first-order valence-electron chi connectivity index (χ1n) is 9.10. The Bertz CT molecular complexity index is 399. The van der Waals surface area contributed by atoms with E-state index in [1.165, 1.54) is 46.6 Å². The van der Waals surface area contributed by atoms with Crippen LogP contribution in [0.4, 0.5) is 0 Å². The van der Waals surface area contributed by atoms with Gasteiger partial charge >= 0.3 is 11.9 Å². The van der Waals surface area contributed by atoms with Crippen LogP contribution in [0, 0.1) is 0 Å². The molecule has 4 unspecified atom stereocenters. The van der Waals surface area contributed by atoms with Gasteiger partial charge in [0.1, 0.15) is 6.10 Å². The third kappa shape index (κ3) is 8.16. The molecule has 7 nitrogen and oxygen atoms in total. The lowest BCUT2D eigenvalue weighted by Gasteiger charge is -2.40. The normalized spacial score (nSPS) is 26.2. The third-order valence-corrected chi connectivity index (χ3v) is 4.04. The van der Waals surface area contributed by atoms with Gasteiger partial charge in [-0.1, -0.05) is 39.0 Å². The Morgan fingerprint density at radius 3 is 2.20 bits per heavy atom. The van der Waals surface area contributed by atoms with Crippen LogP contribution < -0.4 is 0 Å². The first kappa shape index (κ1) is 21.9.